The molecule has 162 valence electrons. The van der Waals surface area contributed by atoms with Gasteiger partial charge in [-0.25, -0.2) is 0 Å². The Morgan fingerprint density at radius 3 is 2.52 bits per heavy atom. The second-order valence-electron chi connectivity index (χ2n) is 7.56. The summed E-state index contributed by atoms with van der Waals surface area (Å²) in [5.41, 5.74) is 4.33. The number of carbonyl (C=O) groups excluding carboxylic acids is 1. The Bertz CT molecular complexity index is 972. The van der Waals surface area contributed by atoms with E-state index in [0.717, 1.165) is 37.0 Å². The Hall–Kier alpha value is -2.72. The monoisotopic (exact) mass is 433 g/mol. The van der Waals surface area contributed by atoms with Crippen LogP contribution in [0, 0.1) is 0 Å². The minimum atomic E-state index is 0.00738. The second-order valence-corrected chi connectivity index (χ2v) is 8.44. The molecule has 0 saturated heterocycles. The minimum Gasteiger partial charge on any atom is -0.489 e. The highest BCUT2D eigenvalue weighted by Crippen LogP contribution is 2.27. The quantitative estimate of drug-likeness (QED) is 0.361. The van der Waals surface area contributed by atoms with Gasteiger partial charge in [0.25, 0.3) is 5.91 Å². The Morgan fingerprint density at radius 1 is 0.935 bits per heavy atom. The number of rotatable bonds is 11. The minimum absolute atomic E-state index is 0.00738. The molecule has 3 nitrogen and oxygen atoms in total. The van der Waals surface area contributed by atoms with E-state index in [1.54, 1.807) is 11.8 Å². The molecular weight excluding hydrogens is 402 g/mol. The summed E-state index contributed by atoms with van der Waals surface area (Å²) in [5, 5.41) is 2.95. The molecule has 0 saturated carbocycles. The molecule has 31 heavy (non-hydrogen) atoms. The van der Waals surface area contributed by atoms with Gasteiger partial charge >= 0.3 is 0 Å². The first-order valence-electron chi connectivity index (χ1n) is 10.9. The predicted molar refractivity (Wildman–Crippen MR) is 130 cm³/mol. The molecule has 3 aromatic carbocycles. The SMILES string of the molecule is CCCNC(=O)c1cccc(CCCc2cc(SC)ccc2OCc2ccccc2)c1. The Morgan fingerprint density at radius 2 is 1.74 bits per heavy atom. The highest BCUT2D eigenvalue weighted by Gasteiger charge is 2.08. The molecule has 4 heteroatoms. The number of thioether (sulfide) groups is 1. The van der Waals surface area contributed by atoms with Gasteiger partial charge in [-0.15, -0.1) is 11.8 Å². The van der Waals surface area contributed by atoms with Gasteiger partial charge in [-0.3, -0.25) is 4.79 Å². The predicted octanol–water partition coefficient (Wildman–Crippen LogP) is 6.30. The molecule has 0 spiro atoms. The van der Waals surface area contributed by atoms with Crippen molar-refractivity contribution in [3.63, 3.8) is 0 Å². The first kappa shape index (κ1) is 23.0. The van der Waals surface area contributed by atoms with Crippen LogP contribution in [0.4, 0.5) is 0 Å². The number of hydrogen-bond acceptors (Lipinski definition) is 3. The highest BCUT2D eigenvalue weighted by molar-refractivity contribution is 7.98. The van der Waals surface area contributed by atoms with Gasteiger partial charge in [0.1, 0.15) is 12.4 Å². The van der Waals surface area contributed by atoms with Crippen LogP contribution < -0.4 is 10.1 Å². The van der Waals surface area contributed by atoms with Crippen molar-refractivity contribution in [1.82, 2.24) is 5.32 Å². The van der Waals surface area contributed by atoms with Crippen molar-refractivity contribution in [3.05, 3.63) is 95.1 Å². The molecule has 0 aliphatic rings. The number of nitrogens with one attached hydrogen (secondary N) is 1. The number of hydrogen-bond donors (Lipinski definition) is 1. The molecule has 0 heterocycles. The van der Waals surface area contributed by atoms with Gasteiger partial charge in [0, 0.05) is 17.0 Å². The van der Waals surface area contributed by atoms with Gasteiger partial charge < -0.3 is 10.1 Å². The molecule has 3 aromatic rings. The van der Waals surface area contributed by atoms with Gasteiger partial charge in [-0.1, -0.05) is 49.4 Å². The highest BCUT2D eigenvalue weighted by atomic mass is 32.2. The summed E-state index contributed by atoms with van der Waals surface area (Å²) < 4.78 is 6.15. The van der Waals surface area contributed by atoms with Crippen molar-refractivity contribution in [1.29, 1.82) is 0 Å². The molecule has 3 rings (SSSR count). The fraction of sp³-hybridized carbons (Fsp3) is 0.296. The summed E-state index contributed by atoms with van der Waals surface area (Å²) in [5.74, 6) is 0.960. The maximum atomic E-state index is 12.2. The number of carbonyl (C=O) groups is 1. The van der Waals surface area contributed by atoms with Gasteiger partial charge in [-0.2, -0.15) is 0 Å². The van der Waals surface area contributed by atoms with Crippen LogP contribution in [-0.4, -0.2) is 18.7 Å². The molecule has 0 fully saturated rings. The normalized spacial score (nSPS) is 10.6. The summed E-state index contributed by atoms with van der Waals surface area (Å²) in [6.07, 6.45) is 5.90. The van der Waals surface area contributed by atoms with Crippen molar-refractivity contribution in [3.8, 4) is 5.75 Å². The van der Waals surface area contributed by atoms with Crippen molar-refractivity contribution in [2.45, 2.75) is 44.1 Å². The summed E-state index contributed by atoms with van der Waals surface area (Å²) in [7, 11) is 0. The number of aryl methyl sites for hydroxylation is 2. The smallest absolute Gasteiger partial charge is 0.251 e. The average Bonchev–Trinajstić information content (AvgIpc) is 2.82. The Kier molecular flexibility index (Phi) is 9.04. The van der Waals surface area contributed by atoms with E-state index in [0.29, 0.717) is 13.2 Å². The summed E-state index contributed by atoms with van der Waals surface area (Å²) in [6, 6.07) is 24.7. The standard InChI is InChI=1S/C27H31NO2S/c1-3-17-28-27(29)24-14-8-12-21(18-24)11-7-13-23-19-25(31-2)15-16-26(23)30-20-22-9-5-4-6-10-22/h4-6,8-10,12,14-16,18-19H,3,7,11,13,17,20H2,1-2H3,(H,28,29). The van der Waals surface area contributed by atoms with Crippen molar-refractivity contribution < 1.29 is 9.53 Å². The van der Waals surface area contributed by atoms with E-state index < -0.39 is 0 Å². The molecule has 0 atom stereocenters. The van der Waals surface area contributed by atoms with Crippen LogP contribution in [-0.2, 0) is 19.4 Å². The lowest BCUT2D eigenvalue weighted by molar-refractivity contribution is 0.0953. The molecule has 0 aliphatic heterocycles. The summed E-state index contributed by atoms with van der Waals surface area (Å²) in [4.78, 5) is 13.5. The topological polar surface area (TPSA) is 38.3 Å². The number of amides is 1. The van der Waals surface area contributed by atoms with E-state index in [2.05, 4.69) is 54.9 Å². The third-order valence-electron chi connectivity index (χ3n) is 5.14. The van der Waals surface area contributed by atoms with Gasteiger partial charge in [0.05, 0.1) is 0 Å². The Labute approximate surface area is 190 Å². The molecule has 0 unspecified atom stereocenters. The molecule has 0 aliphatic carbocycles. The lowest BCUT2D eigenvalue weighted by Crippen LogP contribution is -2.23. The van der Waals surface area contributed by atoms with E-state index in [1.807, 2.05) is 36.4 Å². The molecule has 1 amide bonds. The van der Waals surface area contributed by atoms with E-state index in [4.69, 9.17) is 4.74 Å². The van der Waals surface area contributed by atoms with Gasteiger partial charge in [0.15, 0.2) is 0 Å². The Balaban J connectivity index is 1.62. The zero-order valence-corrected chi connectivity index (χ0v) is 19.2. The average molecular weight is 434 g/mol. The lowest BCUT2D eigenvalue weighted by atomic mass is 10.0. The summed E-state index contributed by atoms with van der Waals surface area (Å²) >= 11 is 1.75. The van der Waals surface area contributed by atoms with Crippen LogP contribution in [0.2, 0.25) is 0 Å². The molecule has 0 bridgehead atoms. The van der Waals surface area contributed by atoms with Crippen LogP contribution in [0.5, 0.6) is 5.75 Å². The summed E-state index contributed by atoms with van der Waals surface area (Å²) in [6.45, 7) is 3.34. The molecular formula is C27H31NO2S. The van der Waals surface area contributed by atoms with E-state index in [1.165, 1.54) is 21.6 Å². The molecule has 0 radical (unpaired) electrons. The number of benzene rings is 3. The van der Waals surface area contributed by atoms with Gasteiger partial charge in [0.2, 0.25) is 0 Å². The van der Waals surface area contributed by atoms with E-state index in [9.17, 15) is 4.79 Å². The largest absolute Gasteiger partial charge is 0.489 e. The first-order valence-corrected chi connectivity index (χ1v) is 12.1. The number of ether oxygens (including phenoxy) is 1. The van der Waals surface area contributed by atoms with Crippen LogP contribution in [0.3, 0.4) is 0 Å². The van der Waals surface area contributed by atoms with Crippen LogP contribution in [0.25, 0.3) is 0 Å². The van der Waals surface area contributed by atoms with E-state index >= 15 is 0 Å². The lowest BCUT2D eigenvalue weighted by Gasteiger charge is -2.13. The fourth-order valence-corrected chi connectivity index (χ4v) is 3.91. The van der Waals surface area contributed by atoms with Crippen molar-refractivity contribution >= 4 is 17.7 Å². The molecule has 1 N–H and O–H groups in total. The third kappa shape index (κ3) is 7.18. The van der Waals surface area contributed by atoms with Crippen LogP contribution in [0.15, 0.2) is 77.7 Å². The van der Waals surface area contributed by atoms with E-state index in [-0.39, 0.29) is 5.91 Å². The van der Waals surface area contributed by atoms with Gasteiger partial charge in [-0.05, 0) is 79.0 Å². The van der Waals surface area contributed by atoms with Crippen molar-refractivity contribution in [2.75, 3.05) is 12.8 Å². The zero-order chi connectivity index (χ0) is 21.9. The zero-order valence-electron chi connectivity index (χ0n) is 18.4. The third-order valence-corrected chi connectivity index (χ3v) is 5.87. The maximum absolute atomic E-state index is 12.2. The maximum Gasteiger partial charge on any atom is 0.251 e. The van der Waals surface area contributed by atoms with Crippen LogP contribution >= 0.6 is 11.8 Å². The second kappa shape index (κ2) is 12.2. The fourth-order valence-electron chi connectivity index (χ4n) is 3.45. The van der Waals surface area contributed by atoms with Crippen LogP contribution in [0.1, 0.15) is 46.8 Å². The molecule has 0 aromatic heterocycles. The first-order chi connectivity index (χ1) is 15.2. The van der Waals surface area contributed by atoms with Crippen molar-refractivity contribution in [2.24, 2.45) is 0 Å².